The molecule has 2 N–H and O–H groups in total. The number of nitrogens with one attached hydrogen (secondary N) is 2. The minimum absolute atomic E-state index is 0.0301. The molecular formula is C69H83ClF3N7O7S2. The second-order valence-corrected chi connectivity index (χ2v) is 28.1. The number of halogens is 4. The van der Waals surface area contributed by atoms with Gasteiger partial charge in [-0.3, -0.25) is 29.1 Å². The fraction of sp³-hybridized carbons (Fsp3) is 0.478. The third kappa shape index (κ3) is 16.7. The molecule has 476 valence electrons. The molecule has 0 aromatic heterocycles. The molecule has 3 saturated heterocycles. The van der Waals surface area contributed by atoms with E-state index in [1.165, 1.54) is 33.7 Å². The summed E-state index contributed by atoms with van der Waals surface area (Å²) >= 11 is 7.96. The number of hydrogen-bond donors (Lipinski definition) is 2. The van der Waals surface area contributed by atoms with Crippen LogP contribution in [-0.2, 0) is 30.6 Å². The Morgan fingerprint density at radius 2 is 1.52 bits per heavy atom. The molecule has 3 amide bonds. The van der Waals surface area contributed by atoms with Crippen molar-refractivity contribution in [3.05, 3.63) is 154 Å². The zero-order valence-corrected chi connectivity index (χ0v) is 53.3. The van der Waals surface area contributed by atoms with Crippen molar-refractivity contribution in [3.63, 3.8) is 0 Å². The molecule has 14 nitrogen and oxygen atoms in total. The third-order valence-corrected chi connectivity index (χ3v) is 21.4. The summed E-state index contributed by atoms with van der Waals surface area (Å²) in [6.45, 7) is 11.6. The zero-order chi connectivity index (χ0) is 62.5. The van der Waals surface area contributed by atoms with Gasteiger partial charge in [0.2, 0.25) is 5.91 Å². The molecule has 5 aromatic rings. The highest BCUT2D eigenvalue weighted by Crippen LogP contribution is 2.49. The number of amides is 3. The molecule has 4 heterocycles. The number of carbonyl (C=O) groups is 4. The van der Waals surface area contributed by atoms with Gasteiger partial charge in [0, 0.05) is 124 Å². The number of benzene rings is 5. The standard InChI is InChI=1S/C69H83ClF3N7O7S2/c1-50(12-11-41-81)80-66(83)60-15-10-16-62(65(60)67(80)84)74-32-9-4-2-3-8-17-64(82)79-34-31-68(49-79)30-28-59(53-21-23-55(70)24-22-53)54(46-68)47-77-35-37-78(38-36-77)57-25-18-51(19-26-57)44-52-20-27-61(63(45-52)89(85,86)69(71,72)73)75-56(29-33-76-39-42-87-43-40-76)48-88-58-13-6-5-7-14-58/h5-7,10,13-16,18-27,41,45,50,56,74-75H,2-4,8-9,11-12,17,28-40,42-44,46-49H2,1H3. The van der Waals surface area contributed by atoms with E-state index in [1.54, 1.807) is 36.9 Å². The van der Waals surface area contributed by atoms with Gasteiger partial charge < -0.3 is 30.0 Å². The Labute approximate surface area is 531 Å². The van der Waals surface area contributed by atoms with Gasteiger partial charge in [-0.05, 0) is 153 Å². The van der Waals surface area contributed by atoms with E-state index >= 15 is 0 Å². The Balaban J connectivity index is 0.703. The van der Waals surface area contributed by atoms with Gasteiger partial charge in [0.1, 0.15) is 6.29 Å². The van der Waals surface area contributed by atoms with Crippen LogP contribution in [0.3, 0.4) is 0 Å². The first kappa shape index (κ1) is 65.7. The van der Waals surface area contributed by atoms with E-state index < -0.39 is 20.2 Å². The molecule has 89 heavy (non-hydrogen) atoms. The number of morpholine rings is 1. The Hall–Kier alpha value is -6.22. The van der Waals surface area contributed by atoms with Gasteiger partial charge in [0.05, 0.1) is 34.9 Å². The Bertz CT molecular complexity index is 3400. The fourth-order valence-electron chi connectivity index (χ4n) is 13.4. The monoisotopic (exact) mass is 1280 g/mol. The molecule has 0 bridgehead atoms. The Kier molecular flexibility index (Phi) is 22.4. The summed E-state index contributed by atoms with van der Waals surface area (Å²) < 4.78 is 75.3. The second-order valence-electron chi connectivity index (χ2n) is 24.7. The number of aldehydes is 1. The van der Waals surface area contributed by atoms with E-state index in [-0.39, 0.29) is 53.7 Å². The molecule has 20 heteroatoms. The number of alkyl halides is 3. The van der Waals surface area contributed by atoms with Crippen LogP contribution in [0.4, 0.5) is 30.2 Å². The largest absolute Gasteiger partial charge is 0.501 e. The summed E-state index contributed by atoms with van der Waals surface area (Å²) in [5, 5.41) is 7.33. The van der Waals surface area contributed by atoms with Crippen LogP contribution >= 0.6 is 23.4 Å². The van der Waals surface area contributed by atoms with Crippen LogP contribution in [0.1, 0.15) is 128 Å². The van der Waals surface area contributed by atoms with Crippen molar-refractivity contribution in [2.75, 3.05) is 106 Å². The van der Waals surface area contributed by atoms with Crippen LogP contribution in [0.15, 0.2) is 131 Å². The molecule has 3 unspecified atom stereocenters. The van der Waals surface area contributed by atoms with Gasteiger partial charge in [0.15, 0.2) is 0 Å². The lowest BCUT2D eigenvalue weighted by Gasteiger charge is -2.41. The van der Waals surface area contributed by atoms with Crippen molar-refractivity contribution in [3.8, 4) is 0 Å². The first-order valence-electron chi connectivity index (χ1n) is 31.7. The number of rotatable bonds is 28. The summed E-state index contributed by atoms with van der Waals surface area (Å²) in [6, 6.07) is 35.0. The topological polar surface area (TPSA) is 152 Å². The number of hydrogen-bond acceptors (Lipinski definition) is 13. The van der Waals surface area contributed by atoms with E-state index in [2.05, 4.69) is 42.4 Å². The van der Waals surface area contributed by atoms with E-state index in [0.29, 0.717) is 78.7 Å². The number of carbonyl (C=O) groups excluding carboxylic acids is 4. The van der Waals surface area contributed by atoms with Crippen molar-refractivity contribution in [1.82, 2.24) is 19.6 Å². The number of nitrogens with zero attached hydrogens (tertiary/aromatic N) is 5. The molecule has 3 fully saturated rings. The van der Waals surface area contributed by atoms with Crippen molar-refractivity contribution in [1.29, 1.82) is 0 Å². The van der Waals surface area contributed by atoms with Gasteiger partial charge in [0.25, 0.3) is 21.7 Å². The van der Waals surface area contributed by atoms with Gasteiger partial charge in [-0.15, -0.1) is 11.8 Å². The predicted molar refractivity (Wildman–Crippen MR) is 348 cm³/mol. The van der Waals surface area contributed by atoms with Crippen molar-refractivity contribution in [2.45, 2.75) is 124 Å². The molecule has 5 aliphatic rings. The molecule has 4 aliphatic heterocycles. The number of ether oxygens (including phenoxy) is 1. The molecule has 1 spiro atoms. The highest BCUT2D eigenvalue weighted by molar-refractivity contribution is 7.99. The number of likely N-dealkylation sites (tertiary alicyclic amines) is 1. The maximum Gasteiger partial charge on any atom is 0.501 e. The Morgan fingerprint density at radius 1 is 0.787 bits per heavy atom. The highest BCUT2D eigenvalue weighted by atomic mass is 35.5. The minimum atomic E-state index is -5.70. The average molecular weight is 1280 g/mol. The van der Waals surface area contributed by atoms with E-state index in [4.69, 9.17) is 16.3 Å². The molecular weight excluding hydrogens is 1200 g/mol. The maximum absolute atomic E-state index is 14.4. The summed E-state index contributed by atoms with van der Waals surface area (Å²) in [5.41, 5.74) is 2.31. The maximum atomic E-state index is 14.4. The predicted octanol–water partition coefficient (Wildman–Crippen LogP) is 12.9. The summed E-state index contributed by atoms with van der Waals surface area (Å²) in [4.78, 5) is 61.9. The summed E-state index contributed by atoms with van der Waals surface area (Å²) in [6.07, 6.45) is 11.4. The lowest BCUT2D eigenvalue weighted by molar-refractivity contribution is -0.130. The van der Waals surface area contributed by atoms with Crippen molar-refractivity contribution < 1.29 is 45.5 Å². The number of allylic oxidation sites excluding steroid dienone is 1. The lowest BCUT2D eigenvalue weighted by Crippen LogP contribution is -2.47. The van der Waals surface area contributed by atoms with Crippen LogP contribution in [0.5, 0.6) is 0 Å². The smallest absolute Gasteiger partial charge is 0.384 e. The number of piperazine rings is 1. The fourth-order valence-corrected chi connectivity index (χ4v) is 15.5. The first-order valence-corrected chi connectivity index (χ1v) is 34.5. The molecule has 1 aliphatic carbocycles. The van der Waals surface area contributed by atoms with Gasteiger partial charge in [-0.1, -0.05) is 91.0 Å². The van der Waals surface area contributed by atoms with Crippen LogP contribution in [0.2, 0.25) is 5.02 Å². The lowest BCUT2D eigenvalue weighted by atomic mass is 9.69. The number of fused-ring (bicyclic) bond motifs is 1. The number of sulfone groups is 1. The van der Waals surface area contributed by atoms with Crippen LogP contribution in [0.25, 0.3) is 5.57 Å². The number of unbranched alkanes of at least 4 members (excludes halogenated alkanes) is 4. The van der Waals surface area contributed by atoms with Crippen LogP contribution in [0, 0.1) is 5.41 Å². The number of anilines is 3. The second kappa shape index (κ2) is 30.3. The minimum Gasteiger partial charge on any atom is -0.384 e. The zero-order valence-electron chi connectivity index (χ0n) is 50.9. The molecule has 5 aromatic carbocycles. The molecule has 10 rings (SSSR count). The average Bonchev–Trinajstić information content (AvgIpc) is 1.88. The van der Waals surface area contributed by atoms with Crippen LogP contribution in [-0.4, -0.2) is 161 Å². The number of thioether (sulfide) groups is 1. The molecule has 0 radical (unpaired) electrons. The highest BCUT2D eigenvalue weighted by Gasteiger charge is 2.49. The summed E-state index contributed by atoms with van der Waals surface area (Å²) in [7, 11) is -5.70. The van der Waals surface area contributed by atoms with Crippen molar-refractivity contribution in [2.24, 2.45) is 5.41 Å². The molecule has 0 saturated carbocycles. The van der Waals surface area contributed by atoms with E-state index in [1.807, 2.05) is 72.8 Å². The Morgan fingerprint density at radius 3 is 2.26 bits per heavy atom. The van der Waals surface area contributed by atoms with E-state index in [9.17, 15) is 40.8 Å². The van der Waals surface area contributed by atoms with E-state index in [0.717, 1.165) is 139 Å². The molecule has 3 atom stereocenters. The quantitative estimate of drug-likeness (QED) is 0.0212. The summed E-state index contributed by atoms with van der Waals surface area (Å²) in [5.74, 6) is 0.117. The van der Waals surface area contributed by atoms with Gasteiger partial charge >= 0.3 is 5.51 Å². The number of imide groups is 1. The van der Waals surface area contributed by atoms with Gasteiger partial charge in [-0.2, -0.15) is 13.2 Å². The van der Waals surface area contributed by atoms with Gasteiger partial charge in [-0.25, -0.2) is 8.42 Å². The first-order chi connectivity index (χ1) is 43.0. The SMILES string of the molecule is CC(CCC=O)N1C(=O)c2cccc(NCCCCCCCC(=O)N3CCC4(CCC(c5ccc(Cl)cc5)=C(CN5CCN(c6ccc(Cc7ccc(NC(CCN8CCOCC8)CSc8ccccc8)c(S(=O)(=O)C(F)(F)F)c7)cc6)CC5)C4)C3)c2C1=O. The normalized spacial score (nSPS) is 19.3. The third-order valence-electron chi connectivity index (χ3n) is 18.5. The van der Waals surface area contributed by atoms with Crippen LogP contribution < -0.4 is 15.5 Å². The van der Waals surface area contributed by atoms with Crippen molar-refractivity contribution >= 4 is 79.8 Å².